The van der Waals surface area contributed by atoms with Gasteiger partial charge in [-0.3, -0.25) is 9.69 Å². The Hall–Kier alpha value is -3.35. The zero-order chi connectivity index (χ0) is 18.1. The Morgan fingerprint density at radius 1 is 1.28 bits per heavy atom. The number of furan rings is 1. The van der Waals surface area contributed by atoms with Crippen molar-refractivity contribution >= 4 is 24.0 Å². The molecule has 0 radical (unpaired) electrons. The molecule has 1 aromatic heterocycles. The third-order valence-electron chi connectivity index (χ3n) is 3.93. The number of nitrogens with one attached hydrogen (secondary N) is 1. The molecular weight excluding hydrogens is 324 g/mol. The van der Waals surface area contributed by atoms with Crippen molar-refractivity contribution in [3.63, 3.8) is 0 Å². The summed E-state index contributed by atoms with van der Waals surface area (Å²) >= 11 is 0. The van der Waals surface area contributed by atoms with Crippen LogP contribution in [0.15, 0.2) is 40.4 Å². The SMILES string of the molecule is CCN1C(=O)N/C(=C\c2ccc(-c3ccc(C(=O)O)cc3C)o2)C1=O. The first-order valence-electron chi connectivity index (χ1n) is 7.69. The van der Waals surface area contributed by atoms with Gasteiger partial charge in [0.15, 0.2) is 0 Å². The monoisotopic (exact) mass is 340 g/mol. The van der Waals surface area contributed by atoms with Gasteiger partial charge in [-0.15, -0.1) is 0 Å². The van der Waals surface area contributed by atoms with Crippen molar-refractivity contribution in [3.8, 4) is 11.3 Å². The zero-order valence-corrected chi connectivity index (χ0v) is 13.7. The molecule has 1 saturated heterocycles. The Balaban J connectivity index is 1.89. The van der Waals surface area contributed by atoms with Gasteiger partial charge in [-0.05, 0) is 43.7 Å². The minimum absolute atomic E-state index is 0.158. The lowest BCUT2D eigenvalue weighted by Gasteiger charge is -2.05. The Bertz CT molecular complexity index is 910. The minimum atomic E-state index is -0.990. The van der Waals surface area contributed by atoms with Gasteiger partial charge in [-0.25, -0.2) is 9.59 Å². The van der Waals surface area contributed by atoms with Crippen LogP contribution < -0.4 is 5.32 Å². The fourth-order valence-electron chi connectivity index (χ4n) is 2.65. The molecule has 3 amide bonds. The maximum Gasteiger partial charge on any atom is 0.335 e. The van der Waals surface area contributed by atoms with E-state index in [-0.39, 0.29) is 11.3 Å². The number of hydrogen-bond donors (Lipinski definition) is 2. The van der Waals surface area contributed by atoms with E-state index in [1.165, 1.54) is 12.1 Å². The lowest BCUT2D eigenvalue weighted by molar-refractivity contribution is -0.122. The van der Waals surface area contributed by atoms with Gasteiger partial charge in [0, 0.05) is 18.2 Å². The number of carboxylic acids is 1. The normalized spacial score (nSPS) is 15.8. The number of amides is 3. The predicted octanol–water partition coefficient (Wildman–Crippen LogP) is 2.87. The van der Waals surface area contributed by atoms with E-state index in [4.69, 9.17) is 9.52 Å². The third kappa shape index (κ3) is 3.03. The highest BCUT2D eigenvalue weighted by molar-refractivity contribution is 6.13. The number of carbonyl (C=O) groups excluding carboxylic acids is 2. The summed E-state index contributed by atoms with van der Waals surface area (Å²) in [4.78, 5) is 35.8. The summed E-state index contributed by atoms with van der Waals surface area (Å²) in [5, 5.41) is 11.5. The first-order valence-corrected chi connectivity index (χ1v) is 7.69. The molecular formula is C18H16N2O5. The fraction of sp³-hybridized carbons (Fsp3) is 0.167. The van der Waals surface area contributed by atoms with Crippen LogP contribution in [0.4, 0.5) is 4.79 Å². The molecule has 0 unspecified atom stereocenters. The molecule has 0 atom stereocenters. The molecule has 3 rings (SSSR count). The van der Waals surface area contributed by atoms with Crippen molar-refractivity contribution < 1.29 is 23.9 Å². The second-order valence-electron chi connectivity index (χ2n) is 5.57. The smallest absolute Gasteiger partial charge is 0.335 e. The number of benzene rings is 1. The molecule has 1 aliphatic heterocycles. The van der Waals surface area contributed by atoms with E-state index in [0.717, 1.165) is 16.0 Å². The summed E-state index contributed by atoms with van der Waals surface area (Å²) in [6.07, 6.45) is 1.47. The van der Waals surface area contributed by atoms with E-state index >= 15 is 0 Å². The number of hydrogen-bond acceptors (Lipinski definition) is 4. The fourth-order valence-corrected chi connectivity index (χ4v) is 2.65. The molecule has 2 aromatic rings. The number of rotatable bonds is 4. The largest absolute Gasteiger partial charge is 0.478 e. The van der Waals surface area contributed by atoms with Crippen LogP contribution in [-0.4, -0.2) is 34.5 Å². The summed E-state index contributed by atoms with van der Waals surface area (Å²) in [6, 6.07) is 7.71. The Labute approximate surface area is 143 Å². The predicted molar refractivity (Wildman–Crippen MR) is 89.7 cm³/mol. The Morgan fingerprint density at radius 2 is 2.04 bits per heavy atom. The van der Waals surface area contributed by atoms with Crippen LogP contribution in [0.5, 0.6) is 0 Å². The standard InChI is InChI=1S/C18H16N2O5/c1-3-20-16(21)14(19-18(20)24)9-12-5-7-15(25-12)13-6-4-11(17(22)23)8-10(13)2/h4-9H,3H2,1-2H3,(H,19,24)(H,22,23)/b14-9-. The summed E-state index contributed by atoms with van der Waals surface area (Å²) in [7, 11) is 0. The van der Waals surface area contributed by atoms with Crippen molar-refractivity contribution in [2.75, 3.05) is 6.54 Å². The molecule has 128 valence electrons. The first-order chi connectivity index (χ1) is 11.9. The van der Waals surface area contributed by atoms with E-state index in [1.807, 2.05) is 0 Å². The van der Waals surface area contributed by atoms with Gasteiger partial charge in [-0.1, -0.05) is 6.07 Å². The van der Waals surface area contributed by atoms with E-state index in [2.05, 4.69) is 5.32 Å². The molecule has 1 fully saturated rings. The van der Waals surface area contributed by atoms with E-state index in [9.17, 15) is 14.4 Å². The highest BCUT2D eigenvalue weighted by atomic mass is 16.4. The lowest BCUT2D eigenvalue weighted by atomic mass is 10.0. The van der Waals surface area contributed by atoms with Gasteiger partial charge in [0.2, 0.25) is 0 Å². The van der Waals surface area contributed by atoms with Crippen LogP contribution in [0, 0.1) is 6.92 Å². The highest BCUT2D eigenvalue weighted by Crippen LogP contribution is 2.27. The molecule has 2 N–H and O–H groups in total. The van der Waals surface area contributed by atoms with Crippen LogP contribution in [0.2, 0.25) is 0 Å². The average Bonchev–Trinajstić information content (AvgIpc) is 3.12. The van der Waals surface area contributed by atoms with Crippen LogP contribution in [0.3, 0.4) is 0 Å². The number of nitrogens with zero attached hydrogens (tertiary/aromatic N) is 1. The van der Waals surface area contributed by atoms with Crippen molar-refractivity contribution in [2.45, 2.75) is 13.8 Å². The number of aromatic carboxylic acids is 1. The number of urea groups is 1. The molecule has 0 saturated carbocycles. The minimum Gasteiger partial charge on any atom is -0.478 e. The van der Waals surface area contributed by atoms with Crippen molar-refractivity contribution in [1.82, 2.24) is 10.2 Å². The number of aryl methyl sites for hydroxylation is 1. The van der Waals surface area contributed by atoms with Gasteiger partial charge < -0.3 is 14.8 Å². The Kier molecular flexibility index (Phi) is 4.14. The summed E-state index contributed by atoms with van der Waals surface area (Å²) in [5.41, 5.74) is 1.88. The van der Waals surface area contributed by atoms with Gasteiger partial charge in [0.25, 0.3) is 5.91 Å². The third-order valence-corrected chi connectivity index (χ3v) is 3.93. The maximum absolute atomic E-state index is 12.1. The van der Waals surface area contributed by atoms with E-state index in [0.29, 0.717) is 18.1 Å². The van der Waals surface area contributed by atoms with Crippen LogP contribution in [-0.2, 0) is 4.79 Å². The molecule has 1 aromatic carbocycles. The summed E-state index contributed by atoms with van der Waals surface area (Å²) in [6.45, 7) is 3.80. The molecule has 1 aliphatic rings. The number of likely N-dealkylation sites (N-methyl/N-ethyl adjacent to an activating group) is 1. The van der Waals surface area contributed by atoms with Crippen molar-refractivity contribution in [3.05, 3.63) is 52.9 Å². The summed E-state index contributed by atoms with van der Waals surface area (Å²) in [5.74, 6) is -0.424. The molecule has 7 heteroatoms. The quantitative estimate of drug-likeness (QED) is 0.658. The second-order valence-corrected chi connectivity index (χ2v) is 5.57. The number of imide groups is 1. The van der Waals surface area contributed by atoms with Gasteiger partial charge in [0.1, 0.15) is 17.2 Å². The van der Waals surface area contributed by atoms with Crippen molar-refractivity contribution in [2.24, 2.45) is 0 Å². The first kappa shape index (κ1) is 16.5. The lowest BCUT2D eigenvalue weighted by Crippen LogP contribution is -2.30. The topological polar surface area (TPSA) is 99.8 Å². The summed E-state index contributed by atoms with van der Waals surface area (Å²) < 4.78 is 5.72. The van der Waals surface area contributed by atoms with Gasteiger partial charge >= 0.3 is 12.0 Å². The second kappa shape index (κ2) is 6.27. The molecule has 25 heavy (non-hydrogen) atoms. The molecule has 7 nitrogen and oxygen atoms in total. The van der Waals surface area contributed by atoms with Crippen LogP contribution in [0.1, 0.15) is 28.6 Å². The average molecular weight is 340 g/mol. The van der Waals surface area contributed by atoms with Gasteiger partial charge in [-0.2, -0.15) is 0 Å². The maximum atomic E-state index is 12.1. The highest BCUT2D eigenvalue weighted by Gasteiger charge is 2.32. The number of carboxylic acid groups (broad SMARTS) is 1. The number of carbonyl (C=O) groups is 3. The molecule has 0 bridgehead atoms. The van der Waals surface area contributed by atoms with Gasteiger partial charge in [0.05, 0.1) is 5.56 Å². The van der Waals surface area contributed by atoms with E-state index < -0.39 is 17.9 Å². The molecule has 0 spiro atoms. The molecule has 2 heterocycles. The zero-order valence-electron chi connectivity index (χ0n) is 13.7. The van der Waals surface area contributed by atoms with Crippen molar-refractivity contribution in [1.29, 1.82) is 0 Å². The van der Waals surface area contributed by atoms with Crippen LogP contribution in [0.25, 0.3) is 17.4 Å². The Morgan fingerprint density at radius 3 is 2.64 bits per heavy atom. The van der Waals surface area contributed by atoms with E-state index in [1.54, 1.807) is 38.1 Å². The van der Waals surface area contributed by atoms with Crippen LogP contribution >= 0.6 is 0 Å². The molecule has 0 aliphatic carbocycles.